The van der Waals surface area contributed by atoms with Gasteiger partial charge in [0.15, 0.2) is 0 Å². The molecule has 4 rings (SSSR count). The Kier molecular flexibility index (Phi) is 10.4. The van der Waals surface area contributed by atoms with E-state index in [-0.39, 0.29) is 17.0 Å². The molecule has 0 saturated carbocycles. The van der Waals surface area contributed by atoms with Gasteiger partial charge >= 0.3 is 5.97 Å². The number of ether oxygens (including phenoxy) is 1. The first-order valence-corrected chi connectivity index (χ1v) is 15.7. The van der Waals surface area contributed by atoms with Gasteiger partial charge in [0, 0.05) is 24.7 Å². The lowest BCUT2D eigenvalue weighted by molar-refractivity contribution is -0.211. The molecule has 0 spiro atoms. The fraction of sp³-hybridized carbons (Fsp3) is 0.621. The number of carboxylic acids is 1. The van der Waals surface area contributed by atoms with Gasteiger partial charge in [-0.15, -0.1) is 11.8 Å². The number of benzene rings is 1. The van der Waals surface area contributed by atoms with Crippen LogP contribution in [0.5, 0.6) is 0 Å². The number of fused-ring (bicyclic) bond motifs is 1. The van der Waals surface area contributed by atoms with Crippen LogP contribution in [-0.2, 0) is 16.1 Å². The molecule has 1 aromatic carbocycles. The highest BCUT2D eigenvalue weighted by molar-refractivity contribution is 7.99. The van der Waals surface area contributed by atoms with Gasteiger partial charge in [-0.1, -0.05) is 13.3 Å². The van der Waals surface area contributed by atoms with Crippen LogP contribution in [0.25, 0.3) is 10.9 Å². The third kappa shape index (κ3) is 6.40. The summed E-state index contributed by atoms with van der Waals surface area (Å²) in [5, 5.41) is 54.1. The second-order valence-electron chi connectivity index (χ2n) is 11.3. The predicted molar refractivity (Wildman–Crippen MR) is 159 cm³/mol. The lowest BCUT2D eigenvalue weighted by Gasteiger charge is -2.44. The molecule has 14 heteroatoms. The fourth-order valence-electron chi connectivity index (χ4n) is 6.19. The van der Waals surface area contributed by atoms with Gasteiger partial charge in [-0.3, -0.25) is 9.59 Å². The van der Waals surface area contributed by atoms with Crippen LogP contribution in [0.3, 0.4) is 0 Å². The van der Waals surface area contributed by atoms with Crippen molar-refractivity contribution in [3.8, 4) is 0 Å². The molecule has 2 aromatic rings. The SMILES string of the molecule is CCC[C@@H]1C[C@@H](C(=O)N[C@@H]([C@H]2O[C@H](SC)[C@H](O)[C@@H](O)[C@H]2O)[C@H](C)O)N(c2cc3c(cc2F)c(=O)c(C(=O)O)cn3CC)C1. The predicted octanol–water partition coefficient (Wildman–Crippen LogP) is 0.890. The van der Waals surface area contributed by atoms with E-state index in [1.54, 1.807) is 22.6 Å². The Morgan fingerprint density at radius 1 is 1.19 bits per heavy atom. The molecule has 1 amide bonds. The Labute approximate surface area is 252 Å². The minimum Gasteiger partial charge on any atom is -0.477 e. The molecule has 9 atom stereocenters. The molecule has 2 fully saturated rings. The molecular weight excluding hydrogens is 585 g/mol. The van der Waals surface area contributed by atoms with Crippen molar-refractivity contribution in [1.82, 2.24) is 9.88 Å². The number of amides is 1. The normalized spacial score (nSPS) is 29.0. The number of anilines is 1. The number of aromatic carboxylic acids is 1. The second kappa shape index (κ2) is 13.5. The number of aryl methyl sites for hydroxylation is 1. The zero-order chi connectivity index (χ0) is 31.7. The van der Waals surface area contributed by atoms with Crippen molar-refractivity contribution in [1.29, 1.82) is 0 Å². The Bertz CT molecular complexity index is 1400. The van der Waals surface area contributed by atoms with Crippen molar-refractivity contribution < 1.29 is 44.2 Å². The number of aliphatic hydroxyl groups is 4. The first kappa shape index (κ1) is 33.1. The summed E-state index contributed by atoms with van der Waals surface area (Å²) < 4.78 is 23.1. The van der Waals surface area contributed by atoms with Crippen LogP contribution in [-0.4, -0.2) is 103 Å². The number of hydrogen-bond donors (Lipinski definition) is 6. The number of thioether (sulfide) groups is 1. The van der Waals surface area contributed by atoms with Crippen LogP contribution in [0.15, 0.2) is 23.1 Å². The van der Waals surface area contributed by atoms with Crippen LogP contribution < -0.4 is 15.6 Å². The molecule has 12 nitrogen and oxygen atoms in total. The number of nitrogens with one attached hydrogen (secondary N) is 1. The van der Waals surface area contributed by atoms with E-state index in [1.807, 2.05) is 6.92 Å². The quantitative estimate of drug-likeness (QED) is 0.221. The maximum atomic E-state index is 15.7. The number of carboxylic acid groups (broad SMARTS) is 1. The molecular formula is C29H40FN3O9S. The van der Waals surface area contributed by atoms with Crippen molar-refractivity contribution >= 4 is 40.2 Å². The van der Waals surface area contributed by atoms with Crippen LogP contribution in [0.2, 0.25) is 0 Å². The molecule has 2 aliphatic heterocycles. The highest BCUT2D eigenvalue weighted by Gasteiger charge is 2.49. The standard InChI is InChI=1S/C29H40FN3O9S/c1-5-7-14-8-20(27(39)31-21(13(3)34)26-24(37)23(36)25(38)29(42-26)43-4)33(11-14)19-10-18-15(9-17(19)30)22(35)16(28(40)41)12-32(18)6-2/h9-10,12-14,20-21,23-26,29,34,36-38H,5-8,11H2,1-4H3,(H,31,39)(H,40,41)/t13-,14+,20-,21+,23-,24+,25+,26+,29+/m0/s1. The first-order chi connectivity index (χ1) is 20.3. The number of rotatable bonds is 10. The van der Waals surface area contributed by atoms with E-state index in [9.17, 15) is 39.9 Å². The zero-order valence-corrected chi connectivity index (χ0v) is 25.3. The van der Waals surface area contributed by atoms with Crippen LogP contribution in [0, 0.1) is 11.7 Å². The summed E-state index contributed by atoms with van der Waals surface area (Å²) in [6.45, 7) is 5.80. The van der Waals surface area contributed by atoms with Gasteiger partial charge in [0.25, 0.3) is 0 Å². The summed E-state index contributed by atoms with van der Waals surface area (Å²) in [6.07, 6.45) is -2.21. The van der Waals surface area contributed by atoms with E-state index in [0.717, 1.165) is 30.7 Å². The molecule has 43 heavy (non-hydrogen) atoms. The van der Waals surface area contributed by atoms with Crippen molar-refractivity contribution in [3.63, 3.8) is 0 Å². The molecule has 0 unspecified atom stereocenters. The van der Waals surface area contributed by atoms with Gasteiger partial charge in [0.1, 0.15) is 47.3 Å². The summed E-state index contributed by atoms with van der Waals surface area (Å²) in [4.78, 5) is 39.9. The Morgan fingerprint density at radius 3 is 2.47 bits per heavy atom. The average molecular weight is 626 g/mol. The van der Waals surface area contributed by atoms with Crippen LogP contribution in [0.1, 0.15) is 50.4 Å². The molecule has 0 radical (unpaired) electrons. The fourth-order valence-corrected chi connectivity index (χ4v) is 6.87. The Hall–Kier alpha value is -2.75. The number of aromatic nitrogens is 1. The zero-order valence-electron chi connectivity index (χ0n) is 24.5. The van der Waals surface area contributed by atoms with Gasteiger partial charge in [-0.05, 0) is 51.0 Å². The van der Waals surface area contributed by atoms with Crippen molar-refractivity contribution in [2.45, 2.75) is 94.6 Å². The molecule has 0 bridgehead atoms. The summed E-state index contributed by atoms with van der Waals surface area (Å²) in [5.41, 5.74) is -1.80. The third-order valence-corrected chi connectivity index (χ3v) is 9.29. The molecule has 2 aliphatic rings. The highest BCUT2D eigenvalue weighted by Crippen LogP contribution is 2.36. The summed E-state index contributed by atoms with van der Waals surface area (Å²) in [7, 11) is 0. The lowest BCUT2D eigenvalue weighted by atomic mass is 9.92. The second-order valence-corrected chi connectivity index (χ2v) is 12.2. The van der Waals surface area contributed by atoms with E-state index in [0.29, 0.717) is 25.0 Å². The molecule has 6 N–H and O–H groups in total. The van der Waals surface area contributed by atoms with E-state index in [1.165, 1.54) is 19.2 Å². The van der Waals surface area contributed by atoms with E-state index in [2.05, 4.69) is 5.32 Å². The van der Waals surface area contributed by atoms with Crippen LogP contribution >= 0.6 is 11.8 Å². The molecule has 0 aliphatic carbocycles. The third-order valence-electron chi connectivity index (χ3n) is 8.44. The van der Waals surface area contributed by atoms with Gasteiger partial charge in [0.05, 0.1) is 23.3 Å². The highest BCUT2D eigenvalue weighted by atomic mass is 32.2. The Balaban J connectivity index is 1.71. The minimum absolute atomic E-state index is 0.0259. The maximum Gasteiger partial charge on any atom is 0.341 e. The van der Waals surface area contributed by atoms with Crippen molar-refractivity contribution in [3.05, 3.63) is 39.9 Å². The summed E-state index contributed by atoms with van der Waals surface area (Å²) >= 11 is 1.10. The molecule has 2 saturated heterocycles. The van der Waals surface area contributed by atoms with E-state index in [4.69, 9.17) is 4.74 Å². The lowest BCUT2D eigenvalue weighted by Crippen LogP contribution is -2.65. The number of hydrogen-bond acceptors (Lipinski definition) is 10. The average Bonchev–Trinajstić information content (AvgIpc) is 3.39. The summed E-state index contributed by atoms with van der Waals surface area (Å²) in [5.74, 6) is -2.74. The number of halogens is 1. The monoisotopic (exact) mass is 625 g/mol. The largest absolute Gasteiger partial charge is 0.477 e. The topological polar surface area (TPSA) is 182 Å². The van der Waals surface area contributed by atoms with Gasteiger partial charge < -0.3 is 45.1 Å². The van der Waals surface area contributed by atoms with Crippen LogP contribution in [0.4, 0.5) is 10.1 Å². The maximum absolute atomic E-state index is 15.7. The Morgan fingerprint density at radius 2 is 1.88 bits per heavy atom. The van der Waals surface area contributed by atoms with Gasteiger partial charge in [-0.2, -0.15) is 0 Å². The number of nitrogens with zero attached hydrogens (tertiary/aromatic N) is 2. The number of aliphatic hydroxyl groups excluding tert-OH is 4. The smallest absolute Gasteiger partial charge is 0.341 e. The molecule has 1 aromatic heterocycles. The first-order valence-electron chi connectivity index (χ1n) is 14.4. The molecule has 3 heterocycles. The van der Waals surface area contributed by atoms with Gasteiger partial charge in [-0.25, -0.2) is 9.18 Å². The van der Waals surface area contributed by atoms with E-state index < -0.39 is 76.7 Å². The number of carbonyl (C=O) groups excluding carboxylic acids is 1. The summed E-state index contributed by atoms with van der Waals surface area (Å²) in [6, 6.07) is 0.398. The van der Waals surface area contributed by atoms with Gasteiger partial charge in [0.2, 0.25) is 11.3 Å². The molecule has 238 valence electrons. The minimum atomic E-state index is -1.61. The number of pyridine rings is 1. The van der Waals surface area contributed by atoms with E-state index >= 15 is 4.39 Å². The van der Waals surface area contributed by atoms with Crippen molar-refractivity contribution in [2.75, 3.05) is 17.7 Å². The number of carbonyl (C=O) groups is 2. The van der Waals surface area contributed by atoms with Crippen molar-refractivity contribution in [2.24, 2.45) is 5.92 Å².